The van der Waals surface area contributed by atoms with E-state index < -0.39 is 5.41 Å². The molecule has 41 heavy (non-hydrogen) atoms. The van der Waals surface area contributed by atoms with Gasteiger partial charge in [-0.25, -0.2) is 0 Å². The summed E-state index contributed by atoms with van der Waals surface area (Å²) in [6.45, 7) is 0. The van der Waals surface area contributed by atoms with Gasteiger partial charge in [0.2, 0.25) is 0 Å². The molecule has 2 aromatic heterocycles. The van der Waals surface area contributed by atoms with E-state index in [1.165, 1.54) is 70.3 Å². The minimum Gasteiger partial charge on any atom is -0.339 e. The minimum atomic E-state index is -0.498. The Morgan fingerprint density at radius 1 is 0.488 bits per heavy atom. The van der Waals surface area contributed by atoms with Crippen molar-refractivity contribution in [3.8, 4) is 5.69 Å². The molecular formula is C37H23N3S. The van der Waals surface area contributed by atoms with Gasteiger partial charge in [0.05, 0.1) is 33.2 Å². The van der Waals surface area contributed by atoms with Crippen LogP contribution in [0, 0.1) is 0 Å². The minimum absolute atomic E-state index is 0.498. The van der Waals surface area contributed by atoms with Crippen LogP contribution in [0.25, 0.3) is 49.3 Å². The molecule has 4 heteroatoms. The van der Waals surface area contributed by atoms with Crippen LogP contribution < -0.4 is 5.84 Å². The molecule has 2 aliphatic rings. The molecule has 0 amide bonds. The predicted molar refractivity (Wildman–Crippen MR) is 170 cm³/mol. The number of para-hydroxylation sites is 4. The highest BCUT2D eigenvalue weighted by Gasteiger charge is 2.50. The molecule has 6 aromatic carbocycles. The molecule has 1 spiro atoms. The van der Waals surface area contributed by atoms with Crippen LogP contribution in [0.2, 0.25) is 0 Å². The van der Waals surface area contributed by atoms with Crippen molar-refractivity contribution in [2.45, 2.75) is 15.2 Å². The molecule has 0 fully saturated rings. The van der Waals surface area contributed by atoms with E-state index in [2.05, 4.69) is 132 Å². The van der Waals surface area contributed by atoms with Crippen molar-refractivity contribution >= 4 is 55.4 Å². The Morgan fingerprint density at radius 2 is 1.12 bits per heavy atom. The van der Waals surface area contributed by atoms with Crippen LogP contribution in [0.5, 0.6) is 0 Å². The maximum Gasteiger partial charge on any atom is 0.0846 e. The number of rotatable bonds is 0. The lowest BCUT2D eigenvalue weighted by Gasteiger charge is -2.45. The van der Waals surface area contributed by atoms with E-state index in [1.54, 1.807) is 0 Å². The second-order valence-corrected chi connectivity index (χ2v) is 12.2. The highest BCUT2D eigenvalue weighted by molar-refractivity contribution is 7.99. The topological polar surface area (TPSA) is 35.9 Å². The van der Waals surface area contributed by atoms with Crippen molar-refractivity contribution in [1.82, 2.24) is 9.24 Å². The summed E-state index contributed by atoms with van der Waals surface area (Å²) in [6, 6.07) is 46.8. The van der Waals surface area contributed by atoms with E-state index in [0.29, 0.717) is 0 Å². The molecule has 0 aliphatic carbocycles. The van der Waals surface area contributed by atoms with Crippen LogP contribution in [0.4, 0.5) is 0 Å². The highest BCUT2D eigenvalue weighted by atomic mass is 32.2. The first-order chi connectivity index (χ1) is 20.3. The first-order valence-electron chi connectivity index (χ1n) is 14.0. The lowest BCUT2D eigenvalue weighted by atomic mass is 9.62. The zero-order valence-corrected chi connectivity index (χ0v) is 22.8. The average molecular weight is 542 g/mol. The lowest BCUT2D eigenvalue weighted by molar-refractivity contribution is 0.691. The number of fused-ring (bicyclic) bond motifs is 15. The van der Waals surface area contributed by atoms with Gasteiger partial charge in [0.1, 0.15) is 0 Å². The second-order valence-electron chi connectivity index (χ2n) is 11.1. The van der Waals surface area contributed by atoms with Gasteiger partial charge < -0.3 is 10.4 Å². The summed E-state index contributed by atoms with van der Waals surface area (Å²) in [4.78, 5) is 2.50. The molecule has 0 bridgehead atoms. The van der Waals surface area contributed by atoms with Gasteiger partial charge in [0.25, 0.3) is 0 Å². The Kier molecular flexibility index (Phi) is 3.95. The van der Waals surface area contributed by atoms with Crippen LogP contribution >= 0.6 is 11.8 Å². The predicted octanol–water partition coefficient (Wildman–Crippen LogP) is 8.77. The molecule has 8 aromatic rings. The van der Waals surface area contributed by atoms with Crippen LogP contribution in [-0.2, 0) is 5.41 Å². The number of hydrogen-bond donors (Lipinski definition) is 1. The molecule has 4 heterocycles. The summed E-state index contributed by atoms with van der Waals surface area (Å²) >= 11 is 1.85. The van der Waals surface area contributed by atoms with Crippen LogP contribution in [0.15, 0.2) is 137 Å². The molecule has 3 nitrogen and oxygen atoms in total. The van der Waals surface area contributed by atoms with Crippen LogP contribution in [0.3, 0.4) is 0 Å². The molecule has 0 radical (unpaired) electrons. The SMILES string of the molecule is Nn1c2ccccc2c2ccc3c(c21)Sc1ccccc1C31c2ccccc2-n2c3ccccc3c3cccc1c32. The Morgan fingerprint density at radius 3 is 2.00 bits per heavy atom. The number of nitrogens with zero attached hydrogens (tertiary/aromatic N) is 2. The van der Waals surface area contributed by atoms with Gasteiger partial charge in [-0.2, -0.15) is 0 Å². The van der Waals surface area contributed by atoms with E-state index in [9.17, 15) is 0 Å². The van der Waals surface area contributed by atoms with Gasteiger partial charge in [-0.1, -0.05) is 115 Å². The Balaban J connectivity index is 1.48. The Bertz CT molecular complexity index is 2430. The molecule has 10 rings (SSSR count). The number of nitrogens with two attached hydrogens (primary N) is 1. The van der Waals surface area contributed by atoms with Crippen molar-refractivity contribution in [2.75, 3.05) is 5.84 Å². The normalized spacial score (nSPS) is 16.9. The monoisotopic (exact) mass is 541 g/mol. The second kappa shape index (κ2) is 7.42. The molecule has 2 N–H and O–H groups in total. The van der Waals surface area contributed by atoms with Crippen LogP contribution in [-0.4, -0.2) is 9.24 Å². The highest BCUT2D eigenvalue weighted by Crippen LogP contribution is 2.61. The molecule has 0 saturated carbocycles. The summed E-state index contributed by atoms with van der Waals surface area (Å²) < 4.78 is 4.40. The van der Waals surface area contributed by atoms with Crippen molar-refractivity contribution in [3.63, 3.8) is 0 Å². The van der Waals surface area contributed by atoms with Gasteiger partial charge in [0.15, 0.2) is 0 Å². The Labute approximate surface area is 240 Å². The van der Waals surface area contributed by atoms with Crippen molar-refractivity contribution < 1.29 is 0 Å². The molecular weight excluding hydrogens is 518 g/mol. The van der Waals surface area contributed by atoms with Gasteiger partial charge in [-0.15, -0.1) is 0 Å². The summed E-state index contributed by atoms with van der Waals surface area (Å²) in [5, 5.41) is 4.96. The third-order valence-corrected chi connectivity index (χ3v) is 10.6. The summed E-state index contributed by atoms with van der Waals surface area (Å²) in [7, 11) is 0. The molecule has 192 valence electrons. The van der Waals surface area contributed by atoms with Crippen molar-refractivity contribution in [3.05, 3.63) is 150 Å². The fourth-order valence-corrected chi connectivity index (χ4v) is 9.19. The number of benzene rings is 6. The van der Waals surface area contributed by atoms with Gasteiger partial charge in [0, 0.05) is 31.3 Å². The quantitative estimate of drug-likeness (QED) is 0.195. The van der Waals surface area contributed by atoms with E-state index in [0.717, 1.165) is 11.0 Å². The van der Waals surface area contributed by atoms with Crippen molar-refractivity contribution in [2.24, 2.45) is 0 Å². The zero-order chi connectivity index (χ0) is 26.9. The smallest absolute Gasteiger partial charge is 0.0846 e. The largest absolute Gasteiger partial charge is 0.339 e. The number of aromatic nitrogens is 2. The molecule has 0 saturated heterocycles. The first kappa shape index (κ1) is 21.8. The van der Waals surface area contributed by atoms with E-state index in [1.807, 2.05) is 16.4 Å². The third-order valence-electron chi connectivity index (χ3n) is 9.38. The van der Waals surface area contributed by atoms with E-state index >= 15 is 0 Å². The van der Waals surface area contributed by atoms with Gasteiger partial charge in [-0.3, -0.25) is 4.68 Å². The van der Waals surface area contributed by atoms with Crippen molar-refractivity contribution in [1.29, 1.82) is 0 Å². The summed E-state index contributed by atoms with van der Waals surface area (Å²) in [5.74, 6) is 6.93. The van der Waals surface area contributed by atoms with Gasteiger partial charge >= 0.3 is 0 Å². The maximum atomic E-state index is 6.93. The Hall–Kier alpha value is -4.93. The fraction of sp³-hybridized carbons (Fsp3) is 0.0270. The standard InChI is InChI=1S/C37H23N3S/c38-40-31-17-6-2-11-23(31)25-20-21-29-36(35(25)40)41-33-19-8-4-14-27(33)37(29)26-13-3-7-18-32(26)39-30-16-5-1-10-22(30)24-12-9-15-28(37)34(24)39/h1-21H,38H2. The molecule has 1 unspecified atom stereocenters. The summed E-state index contributed by atoms with van der Waals surface area (Å²) in [5.41, 5.74) is 10.6. The maximum absolute atomic E-state index is 6.93. The molecule has 1 atom stereocenters. The summed E-state index contributed by atoms with van der Waals surface area (Å²) in [6.07, 6.45) is 0. The first-order valence-corrected chi connectivity index (χ1v) is 14.8. The fourth-order valence-electron chi connectivity index (χ4n) is 7.86. The van der Waals surface area contributed by atoms with E-state index in [-0.39, 0.29) is 0 Å². The number of hydrogen-bond acceptors (Lipinski definition) is 2. The third kappa shape index (κ3) is 2.41. The van der Waals surface area contributed by atoms with Gasteiger partial charge in [-0.05, 0) is 46.5 Å². The van der Waals surface area contributed by atoms with Crippen LogP contribution in [0.1, 0.15) is 22.3 Å². The average Bonchev–Trinajstić information content (AvgIpc) is 3.52. The van der Waals surface area contributed by atoms with E-state index in [4.69, 9.17) is 5.84 Å². The zero-order valence-electron chi connectivity index (χ0n) is 22.0. The number of nitrogen functional groups attached to an aromatic ring is 1. The lowest BCUT2D eigenvalue weighted by Crippen LogP contribution is -2.38. The molecule has 2 aliphatic heterocycles.